The Morgan fingerprint density at radius 3 is 2.89 bits per heavy atom. The van der Waals surface area contributed by atoms with Crippen molar-refractivity contribution in [3.63, 3.8) is 0 Å². The van der Waals surface area contributed by atoms with Crippen molar-refractivity contribution in [2.45, 2.75) is 6.42 Å². The first-order valence-electron chi connectivity index (χ1n) is 5.77. The van der Waals surface area contributed by atoms with E-state index >= 15 is 0 Å². The number of thiazole rings is 1. The Morgan fingerprint density at radius 1 is 1.39 bits per heavy atom. The number of fused-ring (bicyclic) bond motifs is 1. The highest BCUT2D eigenvalue weighted by Gasteiger charge is 2.18. The molecule has 18 heavy (non-hydrogen) atoms. The zero-order valence-corrected chi connectivity index (χ0v) is 10.5. The van der Waals surface area contributed by atoms with Crippen molar-refractivity contribution >= 4 is 33.2 Å². The van der Waals surface area contributed by atoms with Crippen LogP contribution in [0, 0.1) is 0 Å². The Bertz CT molecular complexity index is 600. The van der Waals surface area contributed by atoms with Crippen LogP contribution in [0.15, 0.2) is 30.3 Å². The highest BCUT2D eigenvalue weighted by Crippen LogP contribution is 2.30. The molecule has 0 aliphatic carbocycles. The molecule has 5 heteroatoms. The Morgan fingerprint density at radius 2 is 2.22 bits per heavy atom. The van der Waals surface area contributed by atoms with Crippen molar-refractivity contribution < 1.29 is 9.90 Å². The summed E-state index contributed by atoms with van der Waals surface area (Å²) in [6.45, 7) is 1.01. The smallest absolute Gasteiger partial charge is 0.407 e. The highest BCUT2D eigenvalue weighted by molar-refractivity contribution is 7.19. The van der Waals surface area contributed by atoms with Gasteiger partial charge in [0.05, 0.1) is 10.2 Å². The van der Waals surface area contributed by atoms with Crippen molar-refractivity contribution in [3.8, 4) is 0 Å². The second-order valence-corrected chi connectivity index (χ2v) is 5.23. The molecule has 0 saturated heterocycles. The molecule has 0 fully saturated rings. The number of carboxylic acid groups (broad SMARTS) is 1. The van der Waals surface area contributed by atoms with Crippen molar-refractivity contribution in [3.05, 3.63) is 35.3 Å². The molecule has 0 radical (unpaired) electrons. The molecule has 3 rings (SSSR count). The van der Waals surface area contributed by atoms with Crippen LogP contribution in [0.1, 0.15) is 11.4 Å². The van der Waals surface area contributed by atoms with Gasteiger partial charge in [-0.3, -0.25) is 0 Å². The lowest BCUT2D eigenvalue weighted by atomic mass is 10.1. The predicted octanol–water partition coefficient (Wildman–Crippen LogP) is 3.06. The molecule has 1 N–H and O–H groups in total. The fourth-order valence-electron chi connectivity index (χ4n) is 2.05. The molecular formula is C13H12N2O2S. The van der Waals surface area contributed by atoms with Crippen molar-refractivity contribution in [1.29, 1.82) is 0 Å². The maximum Gasteiger partial charge on any atom is 0.407 e. The second kappa shape index (κ2) is 4.42. The molecule has 0 unspecified atom stereocenters. The monoisotopic (exact) mass is 260 g/mol. The number of amides is 1. The van der Waals surface area contributed by atoms with E-state index in [1.54, 1.807) is 11.3 Å². The summed E-state index contributed by atoms with van der Waals surface area (Å²) in [5, 5.41) is 9.91. The molecule has 0 bridgehead atoms. The summed E-state index contributed by atoms with van der Waals surface area (Å²) in [6.07, 6.45) is 1.86. The lowest BCUT2D eigenvalue weighted by Gasteiger charge is -2.22. The van der Waals surface area contributed by atoms with Gasteiger partial charge >= 0.3 is 6.09 Å². The van der Waals surface area contributed by atoms with E-state index in [4.69, 9.17) is 5.11 Å². The van der Waals surface area contributed by atoms with Gasteiger partial charge in [-0.05, 0) is 24.1 Å². The molecule has 1 aliphatic heterocycles. The van der Waals surface area contributed by atoms with E-state index in [2.05, 4.69) is 11.1 Å². The van der Waals surface area contributed by atoms with Crippen LogP contribution in [0.5, 0.6) is 0 Å². The maximum absolute atomic E-state index is 10.8. The Labute approximate surface area is 108 Å². The molecule has 2 aromatic rings. The lowest BCUT2D eigenvalue weighted by Crippen LogP contribution is -2.33. The quantitative estimate of drug-likeness (QED) is 0.857. The van der Waals surface area contributed by atoms with Gasteiger partial charge in [0.1, 0.15) is 5.01 Å². The fourth-order valence-corrected chi connectivity index (χ4v) is 3.08. The molecule has 1 aromatic carbocycles. The standard InChI is InChI=1S/C13H12N2O2S/c16-13(17)15-7-5-9(6-8-15)12-14-10-3-1-2-4-11(10)18-12/h1-5H,6-8H2,(H,16,17). The largest absolute Gasteiger partial charge is 0.465 e. The van der Waals surface area contributed by atoms with Crippen LogP contribution in [-0.4, -0.2) is 34.2 Å². The van der Waals surface area contributed by atoms with Gasteiger partial charge < -0.3 is 10.0 Å². The summed E-state index contributed by atoms with van der Waals surface area (Å²) < 4.78 is 1.18. The van der Waals surface area contributed by atoms with E-state index in [0.717, 1.165) is 22.5 Å². The minimum absolute atomic E-state index is 0.459. The summed E-state index contributed by atoms with van der Waals surface area (Å²) in [5.41, 5.74) is 2.17. The first kappa shape index (κ1) is 11.2. The predicted molar refractivity (Wildman–Crippen MR) is 71.8 cm³/mol. The van der Waals surface area contributed by atoms with Gasteiger partial charge in [-0.1, -0.05) is 18.2 Å². The van der Waals surface area contributed by atoms with Crippen LogP contribution in [-0.2, 0) is 0 Å². The molecule has 0 spiro atoms. The van der Waals surface area contributed by atoms with Crippen LogP contribution in [0.25, 0.3) is 15.8 Å². The highest BCUT2D eigenvalue weighted by atomic mass is 32.1. The first-order valence-corrected chi connectivity index (χ1v) is 6.58. The minimum Gasteiger partial charge on any atom is -0.465 e. The SMILES string of the molecule is O=C(O)N1CC=C(c2nc3ccccc3s2)CC1. The average Bonchev–Trinajstić information content (AvgIpc) is 2.82. The van der Waals surface area contributed by atoms with Gasteiger partial charge in [-0.2, -0.15) is 0 Å². The van der Waals surface area contributed by atoms with Gasteiger partial charge in [0.2, 0.25) is 0 Å². The fraction of sp³-hybridized carbons (Fsp3) is 0.231. The number of para-hydroxylation sites is 1. The molecule has 0 saturated carbocycles. The van der Waals surface area contributed by atoms with Gasteiger partial charge in [-0.25, -0.2) is 9.78 Å². The Balaban J connectivity index is 1.89. The van der Waals surface area contributed by atoms with Crippen LogP contribution in [0.3, 0.4) is 0 Å². The Kier molecular flexibility index (Phi) is 2.76. The van der Waals surface area contributed by atoms with E-state index in [1.807, 2.05) is 24.3 Å². The minimum atomic E-state index is -0.852. The number of benzene rings is 1. The lowest BCUT2D eigenvalue weighted by molar-refractivity contribution is 0.150. The van der Waals surface area contributed by atoms with E-state index in [9.17, 15) is 4.79 Å². The summed E-state index contributed by atoms with van der Waals surface area (Å²) in [5.74, 6) is 0. The summed E-state index contributed by atoms with van der Waals surface area (Å²) in [4.78, 5) is 16.8. The Hall–Kier alpha value is -1.88. The van der Waals surface area contributed by atoms with Crippen LogP contribution < -0.4 is 0 Å². The van der Waals surface area contributed by atoms with Gasteiger partial charge in [0, 0.05) is 13.1 Å². The number of hydrogen-bond donors (Lipinski definition) is 1. The average molecular weight is 260 g/mol. The number of hydrogen-bond acceptors (Lipinski definition) is 3. The first-order chi connectivity index (χ1) is 8.74. The zero-order valence-electron chi connectivity index (χ0n) is 9.67. The number of aromatic nitrogens is 1. The molecule has 1 amide bonds. The van der Waals surface area contributed by atoms with Crippen molar-refractivity contribution in [2.24, 2.45) is 0 Å². The summed E-state index contributed by atoms with van der Waals surface area (Å²) in [7, 11) is 0. The van der Waals surface area contributed by atoms with Crippen LogP contribution >= 0.6 is 11.3 Å². The molecule has 0 atom stereocenters. The van der Waals surface area contributed by atoms with Crippen LogP contribution in [0.2, 0.25) is 0 Å². The number of carbonyl (C=O) groups is 1. The third kappa shape index (κ3) is 1.97. The number of nitrogens with zero attached hydrogens (tertiary/aromatic N) is 2. The topological polar surface area (TPSA) is 53.4 Å². The van der Waals surface area contributed by atoms with E-state index in [0.29, 0.717) is 13.1 Å². The van der Waals surface area contributed by atoms with Crippen LogP contribution in [0.4, 0.5) is 4.79 Å². The van der Waals surface area contributed by atoms with Crippen molar-refractivity contribution in [2.75, 3.05) is 13.1 Å². The van der Waals surface area contributed by atoms with E-state index in [1.165, 1.54) is 9.60 Å². The second-order valence-electron chi connectivity index (χ2n) is 4.19. The maximum atomic E-state index is 10.8. The molecule has 92 valence electrons. The van der Waals surface area contributed by atoms with Gasteiger partial charge in [-0.15, -0.1) is 11.3 Å². The summed E-state index contributed by atoms with van der Waals surface area (Å²) >= 11 is 1.67. The van der Waals surface area contributed by atoms with E-state index < -0.39 is 6.09 Å². The molecule has 4 nitrogen and oxygen atoms in total. The number of rotatable bonds is 1. The molecule has 1 aliphatic rings. The third-order valence-electron chi connectivity index (χ3n) is 3.05. The zero-order chi connectivity index (χ0) is 12.5. The molecule has 2 heterocycles. The molecule has 1 aromatic heterocycles. The third-order valence-corrected chi connectivity index (χ3v) is 4.16. The molecular weight excluding hydrogens is 248 g/mol. The van der Waals surface area contributed by atoms with Gasteiger partial charge in [0.25, 0.3) is 0 Å². The van der Waals surface area contributed by atoms with Gasteiger partial charge in [0.15, 0.2) is 0 Å². The van der Waals surface area contributed by atoms with E-state index in [-0.39, 0.29) is 0 Å². The normalized spacial score (nSPS) is 15.8. The summed E-state index contributed by atoms with van der Waals surface area (Å²) in [6, 6.07) is 8.05. The van der Waals surface area contributed by atoms with Crippen molar-refractivity contribution in [1.82, 2.24) is 9.88 Å².